The Bertz CT molecular complexity index is 651. The molecule has 0 aromatic heterocycles. The van der Waals surface area contributed by atoms with Crippen molar-refractivity contribution in [3.05, 3.63) is 60.2 Å². The first-order valence-corrected chi connectivity index (χ1v) is 8.25. The lowest BCUT2D eigenvalue weighted by Gasteiger charge is -2.47. The summed E-state index contributed by atoms with van der Waals surface area (Å²) in [5.41, 5.74) is 2.30. The number of β-lactam (4-membered cyclic amide) rings is 1. The van der Waals surface area contributed by atoms with Crippen LogP contribution < -0.4 is 9.64 Å². The third kappa shape index (κ3) is 3.09. The SMILES string of the molecule is CCC1C(=O)N(c2ccc(OC)cc2)C1CCc1ccccc1. The van der Waals surface area contributed by atoms with Gasteiger partial charge in [0.1, 0.15) is 5.75 Å². The molecule has 1 amide bonds. The van der Waals surface area contributed by atoms with E-state index >= 15 is 0 Å². The van der Waals surface area contributed by atoms with Crippen LogP contribution in [0.1, 0.15) is 25.3 Å². The largest absolute Gasteiger partial charge is 0.497 e. The van der Waals surface area contributed by atoms with Crippen LogP contribution in [0.2, 0.25) is 0 Å². The van der Waals surface area contributed by atoms with Gasteiger partial charge in [0.2, 0.25) is 5.91 Å². The smallest absolute Gasteiger partial charge is 0.232 e. The van der Waals surface area contributed by atoms with Gasteiger partial charge >= 0.3 is 0 Å². The normalized spacial score (nSPS) is 20.3. The third-order valence-electron chi connectivity index (χ3n) is 4.71. The Balaban J connectivity index is 1.73. The van der Waals surface area contributed by atoms with Crippen LogP contribution >= 0.6 is 0 Å². The van der Waals surface area contributed by atoms with E-state index in [0.717, 1.165) is 30.7 Å². The first-order valence-electron chi connectivity index (χ1n) is 8.25. The molecule has 1 saturated heterocycles. The van der Waals surface area contributed by atoms with Crippen LogP contribution in [-0.4, -0.2) is 19.1 Å². The highest BCUT2D eigenvalue weighted by molar-refractivity contribution is 6.02. The van der Waals surface area contributed by atoms with Crippen molar-refractivity contribution in [3.63, 3.8) is 0 Å². The summed E-state index contributed by atoms with van der Waals surface area (Å²) in [6, 6.07) is 18.5. The topological polar surface area (TPSA) is 29.5 Å². The van der Waals surface area contributed by atoms with Crippen molar-refractivity contribution >= 4 is 11.6 Å². The molecule has 3 heteroatoms. The number of nitrogens with zero attached hydrogens (tertiary/aromatic N) is 1. The predicted molar refractivity (Wildman–Crippen MR) is 92.8 cm³/mol. The van der Waals surface area contributed by atoms with Gasteiger partial charge in [-0.3, -0.25) is 4.79 Å². The van der Waals surface area contributed by atoms with Crippen LogP contribution in [0.5, 0.6) is 5.75 Å². The van der Waals surface area contributed by atoms with E-state index in [-0.39, 0.29) is 11.8 Å². The molecule has 3 nitrogen and oxygen atoms in total. The van der Waals surface area contributed by atoms with Crippen molar-refractivity contribution in [1.82, 2.24) is 0 Å². The predicted octanol–water partition coefficient (Wildman–Crippen LogP) is 4.07. The fraction of sp³-hybridized carbons (Fsp3) is 0.350. The maximum absolute atomic E-state index is 12.5. The minimum Gasteiger partial charge on any atom is -0.497 e. The average molecular weight is 309 g/mol. The number of ether oxygens (including phenoxy) is 1. The Morgan fingerprint density at radius 1 is 1.04 bits per heavy atom. The number of aryl methyl sites for hydroxylation is 1. The highest BCUT2D eigenvalue weighted by atomic mass is 16.5. The molecule has 2 aromatic carbocycles. The van der Waals surface area contributed by atoms with Gasteiger partial charge in [-0.05, 0) is 49.1 Å². The average Bonchev–Trinajstić information content (AvgIpc) is 2.60. The molecule has 0 aliphatic carbocycles. The van der Waals surface area contributed by atoms with E-state index in [0.29, 0.717) is 6.04 Å². The van der Waals surface area contributed by atoms with E-state index in [9.17, 15) is 4.79 Å². The summed E-state index contributed by atoms with van der Waals surface area (Å²) in [5.74, 6) is 1.21. The molecule has 0 spiro atoms. The highest BCUT2D eigenvalue weighted by Crippen LogP contribution is 2.37. The Morgan fingerprint density at radius 3 is 2.35 bits per heavy atom. The maximum Gasteiger partial charge on any atom is 0.232 e. The summed E-state index contributed by atoms with van der Waals surface area (Å²) in [4.78, 5) is 14.4. The van der Waals surface area contributed by atoms with E-state index < -0.39 is 0 Å². The van der Waals surface area contributed by atoms with Crippen molar-refractivity contribution in [2.24, 2.45) is 5.92 Å². The molecular formula is C20H23NO2. The molecule has 1 heterocycles. The van der Waals surface area contributed by atoms with Gasteiger partial charge in [-0.1, -0.05) is 37.3 Å². The molecule has 0 saturated carbocycles. The number of benzene rings is 2. The molecule has 23 heavy (non-hydrogen) atoms. The quantitative estimate of drug-likeness (QED) is 0.753. The van der Waals surface area contributed by atoms with Crippen LogP contribution in [0.25, 0.3) is 0 Å². The summed E-state index contributed by atoms with van der Waals surface area (Å²) in [6.07, 6.45) is 2.91. The second kappa shape index (κ2) is 6.86. The number of rotatable bonds is 6. The van der Waals surface area contributed by atoms with Gasteiger partial charge < -0.3 is 9.64 Å². The zero-order valence-corrected chi connectivity index (χ0v) is 13.7. The summed E-state index contributed by atoms with van der Waals surface area (Å²) < 4.78 is 5.20. The molecule has 1 fully saturated rings. The number of methoxy groups -OCH3 is 1. The molecule has 0 N–H and O–H groups in total. The van der Waals surface area contributed by atoms with E-state index in [1.807, 2.05) is 35.2 Å². The maximum atomic E-state index is 12.5. The lowest BCUT2D eigenvalue weighted by Crippen LogP contribution is -2.61. The Hall–Kier alpha value is -2.29. The van der Waals surface area contributed by atoms with E-state index in [2.05, 4.69) is 31.2 Å². The number of carbonyl (C=O) groups excluding carboxylic acids is 1. The second-order valence-electron chi connectivity index (χ2n) is 6.01. The summed E-state index contributed by atoms with van der Waals surface area (Å²) >= 11 is 0. The van der Waals surface area contributed by atoms with Gasteiger partial charge in [0.05, 0.1) is 13.0 Å². The van der Waals surface area contributed by atoms with E-state index in [1.54, 1.807) is 7.11 Å². The number of amides is 1. The molecule has 1 aliphatic heterocycles. The molecule has 2 aromatic rings. The third-order valence-corrected chi connectivity index (χ3v) is 4.71. The van der Waals surface area contributed by atoms with Gasteiger partial charge in [-0.25, -0.2) is 0 Å². The molecular weight excluding hydrogens is 286 g/mol. The fourth-order valence-corrected chi connectivity index (χ4v) is 3.40. The summed E-state index contributed by atoms with van der Waals surface area (Å²) in [6.45, 7) is 2.10. The summed E-state index contributed by atoms with van der Waals surface area (Å²) in [7, 11) is 1.65. The zero-order chi connectivity index (χ0) is 16.2. The number of carbonyl (C=O) groups is 1. The molecule has 2 atom stereocenters. The summed E-state index contributed by atoms with van der Waals surface area (Å²) in [5, 5.41) is 0. The number of hydrogen-bond donors (Lipinski definition) is 0. The fourth-order valence-electron chi connectivity index (χ4n) is 3.40. The van der Waals surface area contributed by atoms with Crippen LogP contribution in [0.15, 0.2) is 54.6 Å². The van der Waals surface area contributed by atoms with Crippen molar-refractivity contribution < 1.29 is 9.53 Å². The van der Waals surface area contributed by atoms with Crippen LogP contribution in [-0.2, 0) is 11.2 Å². The van der Waals surface area contributed by atoms with Crippen LogP contribution in [0, 0.1) is 5.92 Å². The van der Waals surface area contributed by atoms with Crippen LogP contribution in [0.3, 0.4) is 0 Å². The van der Waals surface area contributed by atoms with Crippen molar-refractivity contribution in [1.29, 1.82) is 0 Å². The van der Waals surface area contributed by atoms with Crippen molar-refractivity contribution in [2.75, 3.05) is 12.0 Å². The molecule has 1 aliphatic rings. The Kier molecular flexibility index (Phi) is 4.65. The van der Waals surface area contributed by atoms with Crippen LogP contribution in [0.4, 0.5) is 5.69 Å². The minimum atomic E-state index is 0.154. The van der Waals surface area contributed by atoms with Gasteiger partial charge in [-0.15, -0.1) is 0 Å². The molecule has 0 radical (unpaired) electrons. The standard InChI is InChI=1S/C20H23NO2/c1-3-18-19(14-9-15-7-5-4-6-8-15)21(20(18)22)16-10-12-17(23-2)13-11-16/h4-8,10-13,18-19H,3,9,14H2,1-2H3. The zero-order valence-electron chi connectivity index (χ0n) is 13.7. The van der Waals surface area contributed by atoms with Gasteiger partial charge in [0, 0.05) is 11.7 Å². The van der Waals surface area contributed by atoms with Gasteiger partial charge in [0.15, 0.2) is 0 Å². The lowest BCUT2D eigenvalue weighted by molar-refractivity contribution is -0.130. The molecule has 3 rings (SSSR count). The first-order chi connectivity index (χ1) is 11.2. The van der Waals surface area contributed by atoms with Crippen molar-refractivity contribution in [3.8, 4) is 5.75 Å². The number of hydrogen-bond acceptors (Lipinski definition) is 2. The Labute approximate surface area is 137 Å². The van der Waals surface area contributed by atoms with Gasteiger partial charge in [-0.2, -0.15) is 0 Å². The van der Waals surface area contributed by atoms with E-state index in [4.69, 9.17) is 4.74 Å². The van der Waals surface area contributed by atoms with Crippen molar-refractivity contribution in [2.45, 2.75) is 32.2 Å². The molecule has 120 valence electrons. The minimum absolute atomic E-state index is 0.154. The number of anilines is 1. The molecule has 0 bridgehead atoms. The highest BCUT2D eigenvalue weighted by Gasteiger charge is 2.46. The first kappa shape index (κ1) is 15.6. The lowest BCUT2D eigenvalue weighted by atomic mass is 9.81. The monoisotopic (exact) mass is 309 g/mol. The molecule has 2 unspecified atom stereocenters. The second-order valence-corrected chi connectivity index (χ2v) is 6.01. The van der Waals surface area contributed by atoms with Gasteiger partial charge in [0.25, 0.3) is 0 Å². The Morgan fingerprint density at radius 2 is 1.74 bits per heavy atom. The van der Waals surface area contributed by atoms with E-state index in [1.165, 1.54) is 5.56 Å².